The van der Waals surface area contributed by atoms with Crippen LogP contribution in [0.25, 0.3) is 52.1 Å². The highest BCUT2D eigenvalue weighted by molar-refractivity contribution is 6.11. The SMILES string of the molecule is [C-]#[N+]/C(C(=O)C(C)(C)C)=C1/CC(C)(C)c2c1cc(C)c(OC)c2C.[C-]#[N+]/C(C(=O)C(C)(C)C)=C1/CC(C)(C)c2cc(C)c(C)cc21.[C-]#[N+]/C(C(=O)C(C)(C)C)=C1/CC(C)(C)c2cc(C)ccc21.[C-]#[N+]/C(C(=O)C(C)(C)C)=C1/CC(C)(C)c2cc(OC)c(OC)cc21.[C-]#[N+]/C(C(=O)C(C)(C)C)=C1/CC(C)(C)c2ccc(C)cc21. The molecule has 0 fully saturated rings. The van der Waals surface area contributed by atoms with E-state index in [0.29, 0.717) is 47.1 Å². The van der Waals surface area contributed by atoms with E-state index >= 15 is 0 Å². The monoisotopic (exact) mass is 1510 g/mol. The van der Waals surface area contributed by atoms with E-state index in [2.05, 4.69) is 176 Å². The zero-order valence-corrected chi connectivity index (χ0v) is 73.9. The Morgan fingerprint density at radius 2 is 0.589 bits per heavy atom. The maximum atomic E-state index is 12.8. The lowest BCUT2D eigenvalue weighted by molar-refractivity contribution is -0.122. The predicted octanol–water partition coefficient (Wildman–Crippen LogP) is 24.9. The van der Waals surface area contributed by atoms with Crippen LogP contribution in [0.2, 0.25) is 0 Å². The van der Waals surface area contributed by atoms with Gasteiger partial charge < -0.3 is 38.2 Å². The van der Waals surface area contributed by atoms with E-state index < -0.39 is 27.1 Å². The van der Waals surface area contributed by atoms with Crippen molar-refractivity contribution < 1.29 is 38.2 Å². The summed E-state index contributed by atoms with van der Waals surface area (Å²) in [5.74, 6) is 1.80. The molecule has 0 aromatic heterocycles. The van der Waals surface area contributed by atoms with Gasteiger partial charge in [-0.15, -0.1) is 0 Å². The number of ether oxygens (including phenoxy) is 3. The molecule has 0 unspecified atom stereocenters. The van der Waals surface area contributed by atoms with Gasteiger partial charge in [0, 0.05) is 27.1 Å². The number of aryl methyl sites for hydroxylation is 5. The Hall–Kier alpha value is -10.0. The lowest BCUT2D eigenvalue weighted by Gasteiger charge is -2.23. The van der Waals surface area contributed by atoms with Crippen molar-refractivity contribution in [2.75, 3.05) is 21.3 Å². The molecular weight excluding hydrogens is 1390 g/mol. The number of carbonyl (C=O) groups excluding carboxylic acids is 5. The highest BCUT2D eigenvalue weighted by atomic mass is 16.5. The van der Waals surface area contributed by atoms with Crippen LogP contribution in [0.4, 0.5) is 0 Å². The molecule has 0 saturated carbocycles. The maximum Gasteiger partial charge on any atom is 0.233 e. The van der Waals surface area contributed by atoms with Crippen molar-refractivity contribution in [1.82, 2.24) is 0 Å². The van der Waals surface area contributed by atoms with Crippen LogP contribution in [0, 0.1) is 101 Å². The number of nitrogens with zero attached hydrogens (tertiary/aromatic N) is 5. The van der Waals surface area contributed by atoms with Crippen LogP contribution in [0.15, 0.2) is 95.2 Å². The number of hydrogen-bond acceptors (Lipinski definition) is 8. The molecule has 0 aliphatic heterocycles. The van der Waals surface area contributed by atoms with E-state index in [1.165, 1.54) is 38.9 Å². The molecule has 0 spiro atoms. The largest absolute Gasteiger partial charge is 0.496 e. The van der Waals surface area contributed by atoms with E-state index in [0.717, 1.165) is 103 Å². The van der Waals surface area contributed by atoms with Gasteiger partial charge in [-0.2, -0.15) is 0 Å². The Labute approximate surface area is 672 Å². The summed E-state index contributed by atoms with van der Waals surface area (Å²) in [6.45, 7) is 99.8. The lowest BCUT2D eigenvalue weighted by atomic mass is 9.83. The first kappa shape index (κ1) is 90.9. The molecule has 592 valence electrons. The molecule has 5 aromatic rings. The average molecular weight is 1510 g/mol. The van der Waals surface area contributed by atoms with Gasteiger partial charge in [-0.1, -0.05) is 233 Å². The predicted molar refractivity (Wildman–Crippen MR) is 458 cm³/mol. The van der Waals surface area contributed by atoms with E-state index in [1.807, 2.05) is 130 Å². The van der Waals surface area contributed by atoms with Gasteiger partial charge in [-0.25, -0.2) is 24.2 Å². The van der Waals surface area contributed by atoms with E-state index in [1.54, 1.807) is 21.3 Å². The van der Waals surface area contributed by atoms with Gasteiger partial charge in [0.25, 0.3) is 0 Å². The summed E-state index contributed by atoms with van der Waals surface area (Å²) >= 11 is 0. The molecule has 13 heteroatoms. The van der Waals surface area contributed by atoms with Crippen molar-refractivity contribution >= 4 is 56.8 Å². The van der Waals surface area contributed by atoms with Crippen molar-refractivity contribution in [3.8, 4) is 17.2 Å². The van der Waals surface area contributed by atoms with Crippen LogP contribution in [-0.2, 0) is 51.0 Å². The van der Waals surface area contributed by atoms with Crippen LogP contribution in [0.5, 0.6) is 17.2 Å². The Morgan fingerprint density at radius 3 is 0.946 bits per heavy atom. The van der Waals surface area contributed by atoms with Crippen LogP contribution >= 0.6 is 0 Å². The summed E-state index contributed by atoms with van der Waals surface area (Å²) in [5.41, 5.74) is 21.1. The molecule has 13 nitrogen and oxygen atoms in total. The van der Waals surface area contributed by atoms with E-state index in [-0.39, 0.29) is 61.7 Å². The second-order valence-electron chi connectivity index (χ2n) is 39.5. The fourth-order valence-corrected chi connectivity index (χ4v) is 15.9. The Kier molecular flexibility index (Phi) is 26.5. The highest BCUT2D eigenvalue weighted by Crippen LogP contribution is 2.55. The molecule has 112 heavy (non-hydrogen) atoms. The topological polar surface area (TPSA) is 135 Å². The first-order valence-electron chi connectivity index (χ1n) is 38.7. The second-order valence-corrected chi connectivity index (χ2v) is 39.5. The van der Waals surface area contributed by atoms with Crippen molar-refractivity contribution in [2.45, 2.75) is 274 Å². The first-order chi connectivity index (χ1) is 51.2. The number of benzene rings is 5. The molecule has 0 heterocycles. The smallest absolute Gasteiger partial charge is 0.233 e. The molecule has 0 radical (unpaired) electrons. The zero-order chi connectivity index (χ0) is 85.6. The van der Waals surface area contributed by atoms with E-state index in [9.17, 15) is 24.0 Å². The fourth-order valence-electron chi connectivity index (χ4n) is 15.9. The minimum absolute atomic E-state index is 0.0214. The van der Waals surface area contributed by atoms with Crippen molar-refractivity contribution in [3.05, 3.63) is 241 Å². The Balaban J connectivity index is 0.000000218. The minimum atomic E-state index is -0.587. The van der Waals surface area contributed by atoms with Crippen molar-refractivity contribution in [3.63, 3.8) is 0 Å². The molecule has 0 bridgehead atoms. The standard InChI is InChI=1S/C21H27NO2.C20H25NO3.C20H25NO.2C19H23NO/c1-12-10-14-15(17(22-8)19(23)20(3,4)5)11-21(6,7)16(14)13(2)18(12)24-9;1-19(2,3)18(22)17(21-6)13-11-20(4,5)14-10-16(24-8)15(23-7)9-12(13)14;1-12-9-14-15(17(21-8)18(22)19(3,4)5)11-20(6,7)16(14)10-13(12)2;1-12-8-9-15-13(10-12)14(11-19(15,5)6)16(20-7)17(21)18(2,3)4;1-12-8-9-13-14(11-19(5,6)15(13)10-12)16(20-7)17(21)18(2,3)4/h10H,11H2,1-7,9H3;9-10H,11H2,1-5,7-8H3;9-10H,11H2,1-7H3;2*8-10H,11H2,1-6H3/b17-15-;17-13-;17-15-;2*16-14-. The number of ketones is 5. The summed E-state index contributed by atoms with van der Waals surface area (Å²) in [7, 11) is 4.88. The lowest BCUT2D eigenvalue weighted by Crippen LogP contribution is -2.21. The molecule has 10 rings (SSSR count). The van der Waals surface area contributed by atoms with E-state index in [4.69, 9.17) is 47.1 Å². The third-order valence-corrected chi connectivity index (χ3v) is 22.2. The summed E-state index contributed by atoms with van der Waals surface area (Å²) in [6, 6.07) is 23.0. The molecule has 0 N–H and O–H groups in total. The van der Waals surface area contributed by atoms with Crippen LogP contribution in [0.1, 0.15) is 294 Å². The molecular formula is C99H123N5O8. The Bertz CT molecular complexity index is 5100. The molecule has 5 aliphatic rings. The first-order valence-corrected chi connectivity index (χ1v) is 38.7. The third kappa shape index (κ3) is 18.7. The average Bonchev–Trinajstić information content (AvgIpc) is 1.56. The van der Waals surface area contributed by atoms with Gasteiger partial charge in [0.15, 0.2) is 40.4 Å². The highest BCUT2D eigenvalue weighted by Gasteiger charge is 2.45. The number of methoxy groups -OCH3 is 3. The van der Waals surface area contributed by atoms with Gasteiger partial charge in [-0.3, -0.25) is 0 Å². The Morgan fingerprint density at radius 1 is 0.312 bits per heavy atom. The molecule has 0 atom stereocenters. The third-order valence-electron chi connectivity index (χ3n) is 22.2. The summed E-state index contributed by atoms with van der Waals surface area (Å²) in [5, 5.41) is 0. The quantitative estimate of drug-likeness (QED) is 0.111. The number of Topliss-reactive ketones (excluding diaryl/α,β-unsaturated/α-hetero) is 5. The molecule has 5 aliphatic carbocycles. The van der Waals surface area contributed by atoms with Crippen LogP contribution in [-0.4, -0.2) is 50.2 Å². The molecule has 5 aromatic carbocycles. The fraction of sp³-hybridized carbons (Fsp3) is 0.495. The number of carbonyl (C=O) groups is 5. The van der Waals surface area contributed by atoms with Crippen LogP contribution in [0.3, 0.4) is 0 Å². The molecule has 0 amide bonds. The van der Waals surface area contributed by atoms with Gasteiger partial charge in [-0.05, 0) is 225 Å². The summed E-state index contributed by atoms with van der Waals surface area (Å²) in [6.07, 6.45) is 3.62. The van der Waals surface area contributed by atoms with Gasteiger partial charge in [0.05, 0.1) is 54.2 Å². The summed E-state index contributed by atoms with van der Waals surface area (Å²) < 4.78 is 16.4. The van der Waals surface area contributed by atoms with Gasteiger partial charge >= 0.3 is 0 Å². The van der Waals surface area contributed by atoms with Gasteiger partial charge in [0.1, 0.15) is 5.75 Å². The van der Waals surface area contributed by atoms with Gasteiger partial charge in [0.2, 0.25) is 28.5 Å². The minimum Gasteiger partial charge on any atom is -0.496 e. The number of hydrogen-bond donors (Lipinski definition) is 0. The number of rotatable bonds is 8. The number of allylic oxidation sites excluding steroid dienone is 10. The van der Waals surface area contributed by atoms with Crippen LogP contribution < -0.4 is 14.2 Å². The normalized spacial score (nSPS) is 18.4. The van der Waals surface area contributed by atoms with Crippen molar-refractivity contribution in [1.29, 1.82) is 0 Å². The summed E-state index contributed by atoms with van der Waals surface area (Å²) in [4.78, 5) is 81.6. The molecule has 0 saturated heterocycles. The maximum absolute atomic E-state index is 12.8. The number of fused-ring (bicyclic) bond motifs is 5. The second kappa shape index (κ2) is 32.6. The van der Waals surface area contributed by atoms with Crippen molar-refractivity contribution in [2.24, 2.45) is 27.1 Å². The zero-order valence-electron chi connectivity index (χ0n) is 73.9.